The van der Waals surface area contributed by atoms with Crippen LogP contribution < -0.4 is 5.73 Å². The molecule has 1 amide bonds. The van der Waals surface area contributed by atoms with Crippen LogP contribution in [0.4, 0.5) is 0 Å². The highest BCUT2D eigenvalue weighted by Crippen LogP contribution is 2.16. The molecule has 1 fully saturated rings. The van der Waals surface area contributed by atoms with Gasteiger partial charge < -0.3 is 15.4 Å². The monoisotopic (exact) mass is 248 g/mol. The predicted octanol–water partition coefficient (Wildman–Crippen LogP) is 1.10. The average Bonchev–Trinajstić information content (AvgIpc) is 2.41. The first kappa shape index (κ1) is 13.1. The molecule has 18 heavy (non-hydrogen) atoms. The Morgan fingerprint density at radius 3 is 3.00 bits per heavy atom. The zero-order chi connectivity index (χ0) is 13.1. The van der Waals surface area contributed by atoms with Gasteiger partial charge in [-0.05, 0) is 31.0 Å². The minimum atomic E-state index is -0.0344. The summed E-state index contributed by atoms with van der Waals surface area (Å²) in [4.78, 5) is 14.3. The van der Waals surface area contributed by atoms with E-state index in [1.807, 2.05) is 36.9 Å². The molecule has 0 bridgehead atoms. The summed E-state index contributed by atoms with van der Waals surface area (Å²) in [5.74, 6) is 0.0814. The summed E-state index contributed by atoms with van der Waals surface area (Å²) in [6, 6.07) is 5.84. The lowest BCUT2D eigenvalue weighted by Crippen LogP contribution is -2.48. The average molecular weight is 248 g/mol. The number of nitrogens with zero attached hydrogens (tertiary/aromatic N) is 1. The van der Waals surface area contributed by atoms with E-state index in [1.165, 1.54) is 0 Å². The molecule has 1 aromatic rings. The Hall–Kier alpha value is -1.39. The summed E-state index contributed by atoms with van der Waals surface area (Å²) >= 11 is 0. The Balaban J connectivity index is 2.18. The van der Waals surface area contributed by atoms with E-state index in [2.05, 4.69) is 0 Å². The molecule has 1 saturated heterocycles. The SMILES string of the molecule is Cc1cccc(C(=O)N2CCOC(CN)C2)c1C. The third kappa shape index (κ3) is 2.54. The maximum Gasteiger partial charge on any atom is 0.254 e. The largest absolute Gasteiger partial charge is 0.373 e. The number of hydrogen-bond acceptors (Lipinski definition) is 3. The van der Waals surface area contributed by atoms with E-state index in [-0.39, 0.29) is 12.0 Å². The molecule has 0 aromatic heterocycles. The van der Waals surface area contributed by atoms with Crippen molar-refractivity contribution in [1.29, 1.82) is 0 Å². The van der Waals surface area contributed by atoms with Crippen molar-refractivity contribution in [3.8, 4) is 0 Å². The van der Waals surface area contributed by atoms with Gasteiger partial charge >= 0.3 is 0 Å². The minimum Gasteiger partial charge on any atom is -0.373 e. The number of nitrogens with two attached hydrogens (primary N) is 1. The Labute approximate surface area is 108 Å². The van der Waals surface area contributed by atoms with Crippen molar-refractivity contribution in [2.24, 2.45) is 5.73 Å². The van der Waals surface area contributed by atoms with E-state index >= 15 is 0 Å². The molecule has 0 spiro atoms. The van der Waals surface area contributed by atoms with Crippen molar-refractivity contribution in [3.05, 3.63) is 34.9 Å². The van der Waals surface area contributed by atoms with Crippen molar-refractivity contribution in [2.75, 3.05) is 26.2 Å². The molecule has 1 aliphatic rings. The van der Waals surface area contributed by atoms with Gasteiger partial charge in [0.15, 0.2) is 0 Å². The van der Waals surface area contributed by atoms with Gasteiger partial charge in [-0.25, -0.2) is 0 Å². The van der Waals surface area contributed by atoms with Crippen LogP contribution in [0, 0.1) is 13.8 Å². The normalized spacial score (nSPS) is 19.9. The first-order chi connectivity index (χ1) is 8.63. The van der Waals surface area contributed by atoms with Crippen LogP contribution >= 0.6 is 0 Å². The topological polar surface area (TPSA) is 55.6 Å². The summed E-state index contributed by atoms with van der Waals surface area (Å²) in [5.41, 5.74) is 8.58. The maximum absolute atomic E-state index is 12.5. The number of carbonyl (C=O) groups excluding carboxylic acids is 1. The van der Waals surface area contributed by atoms with Crippen molar-refractivity contribution in [3.63, 3.8) is 0 Å². The molecule has 0 aliphatic carbocycles. The van der Waals surface area contributed by atoms with Gasteiger partial charge in [-0.3, -0.25) is 4.79 Å². The van der Waals surface area contributed by atoms with Crippen molar-refractivity contribution in [2.45, 2.75) is 20.0 Å². The quantitative estimate of drug-likeness (QED) is 0.852. The maximum atomic E-state index is 12.5. The Kier molecular flexibility index (Phi) is 3.99. The van der Waals surface area contributed by atoms with Crippen LogP contribution in [-0.4, -0.2) is 43.2 Å². The number of carbonyl (C=O) groups is 1. The molecule has 0 saturated carbocycles. The summed E-state index contributed by atoms with van der Waals surface area (Å²) in [5, 5.41) is 0. The number of benzene rings is 1. The number of morpholine rings is 1. The second kappa shape index (κ2) is 5.50. The van der Waals surface area contributed by atoms with Gasteiger partial charge in [-0.2, -0.15) is 0 Å². The fourth-order valence-corrected chi connectivity index (χ4v) is 2.20. The van der Waals surface area contributed by atoms with Gasteiger partial charge in [0.1, 0.15) is 0 Å². The lowest BCUT2D eigenvalue weighted by atomic mass is 10.0. The number of rotatable bonds is 2. The van der Waals surface area contributed by atoms with E-state index in [4.69, 9.17) is 10.5 Å². The molecule has 98 valence electrons. The zero-order valence-corrected chi connectivity index (χ0v) is 11.0. The van der Waals surface area contributed by atoms with E-state index in [9.17, 15) is 4.79 Å². The molecule has 1 atom stereocenters. The lowest BCUT2D eigenvalue weighted by molar-refractivity contribution is -0.0167. The van der Waals surface area contributed by atoms with E-state index < -0.39 is 0 Å². The van der Waals surface area contributed by atoms with Gasteiger partial charge in [-0.15, -0.1) is 0 Å². The number of amides is 1. The van der Waals surface area contributed by atoms with Crippen LogP contribution in [0.2, 0.25) is 0 Å². The molecule has 4 nitrogen and oxygen atoms in total. The van der Waals surface area contributed by atoms with Crippen LogP contribution in [0.1, 0.15) is 21.5 Å². The highest BCUT2D eigenvalue weighted by atomic mass is 16.5. The van der Waals surface area contributed by atoms with E-state index in [0.717, 1.165) is 16.7 Å². The Bertz CT molecular complexity index is 445. The molecule has 1 heterocycles. The van der Waals surface area contributed by atoms with Crippen molar-refractivity contribution >= 4 is 5.91 Å². The second-order valence-corrected chi connectivity index (χ2v) is 4.73. The Morgan fingerprint density at radius 1 is 1.50 bits per heavy atom. The van der Waals surface area contributed by atoms with Crippen molar-refractivity contribution in [1.82, 2.24) is 4.90 Å². The van der Waals surface area contributed by atoms with Crippen LogP contribution in [0.25, 0.3) is 0 Å². The zero-order valence-electron chi connectivity index (χ0n) is 11.0. The molecule has 1 aliphatic heterocycles. The first-order valence-electron chi connectivity index (χ1n) is 6.30. The molecular formula is C14H20N2O2. The van der Waals surface area contributed by atoms with Crippen LogP contribution in [0.3, 0.4) is 0 Å². The second-order valence-electron chi connectivity index (χ2n) is 4.73. The van der Waals surface area contributed by atoms with Crippen LogP contribution in [0.15, 0.2) is 18.2 Å². The molecule has 2 N–H and O–H groups in total. The molecule has 1 aromatic carbocycles. The van der Waals surface area contributed by atoms with Crippen molar-refractivity contribution < 1.29 is 9.53 Å². The fourth-order valence-electron chi connectivity index (χ4n) is 2.20. The lowest BCUT2D eigenvalue weighted by Gasteiger charge is -2.32. The third-order valence-electron chi connectivity index (χ3n) is 3.52. The van der Waals surface area contributed by atoms with Gasteiger partial charge in [0.05, 0.1) is 12.7 Å². The highest BCUT2D eigenvalue weighted by Gasteiger charge is 2.25. The van der Waals surface area contributed by atoms with Crippen LogP contribution in [0.5, 0.6) is 0 Å². The molecule has 0 radical (unpaired) electrons. The summed E-state index contributed by atoms with van der Waals surface area (Å²) in [6.45, 7) is 6.26. The summed E-state index contributed by atoms with van der Waals surface area (Å²) < 4.78 is 5.48. The Morgan fingerprint density at radius 2 is 2.28 bits per heavy atom. The molecule has 1 unspecified atom stereocenters. The van der Waals surface area contributed by atoms with Gasteiger partial charge in [0.25, 0.3) is 5.91 Å². The molecule has 4 heteroatoms. The third-order valence-corrected chi connectivity index (χ3v) is 3.52. The number of hydrogen-bond donors (Lipinski definition) is 1. The van der Waals surface area contributed by atoms with Gasteiger partial charge in [-0.1, -0.05) is 12.1 Å². The highest BCUT2D eigenvalue weighted by molar-refractivity contribution is 5.96. The van der Waals surface area contributed by atoms with E-state index in [0.29, 0.717) is 26.2 Å². The summed E-state index contributed by atoms with van der Waals surface area (Å²) in [7, 11) is 0. The van der Waals surface area contributed by atoms with Gasteiger partial charge in [0.2, 0.25) is 0 Å². The standard InChI is InChI=1S/C14H20N2O2/c1-10-4-3-5-13(11(10)2)14(17)16-6-7-18-12(8-15)9-16/h3-5,12H,6-9,15H2,1-2H3. The molecular weight excluding hydrogens is 228 g/mol. The van der Waals surface area contributed by atoms with E-state index in [1.54, 1.807) is 0 Å². The fraction of sp³-hybridized carbons (Fsp3) is 0.500. The molecule has 2 rings (SSSR count). The van der Waals surface area contributed by atoms with Crippen LogP contribution in [-0.2, 0) is 4.74 Å². The number of ether oxygens (including phenoxy) is 1. The smallest absolute Gasteiger partial charge is 0.254 e. The predicted molar refractivity (Wildman–Crippen MR) is 70.6 cm³/mol. The number of aryl methyl sites for hydroxylation is 1. The minimum absolute atomic E-state index is 0.0344. The van der Waals surface area contributed by atoms with Gasteiger partial charge in [0, 0.05) is 25.2 Å². The first-order valence-corrected chi connectivity index (χ1v) is 6.30. The summed E-state index contributed by atoms with van der Waals surface area (Å²) in [6.07, 6.45) is -0.0344.